The van der Waals surface area contributed by atoms with Gasteiger partial charge in [0.15, 0.2) is 3.01 Å². The lowest BCUT2D eigenvalue weighted by Crippen LogP contribution is -1.95. The van der Waals surface area contributed by atoms with E-state index < -0.39 is 0 Å². The Morgan fingerprint density at radius 1 is 1.88 bits per heavy atom. The van der Waals surface area contributed by atoms with Gasteiger partial charge >= 0.3 is 0 Å². The molecule has 0 unspecified atom stereocenters. The number of aromatic nitrogens is 1. The van der Waals surface area contributed by atoms with Crippen molar-refractivity contribution in [3.8, 4) is 0 Å². The van der Waals surface area contributed by atoms with E-state index in [0.29, 0.717) is 6.54 Å². The molecule has 0 radical (unpaired) electrons. The normalized spacial score (nSPS) is 9.75. The average Bonchev–Trinajstić information content (AvgIpc) is 2.14. The molecule has 1 aromatic rings. The first-order valence-corrected chi connectivity index (χ1v) is 4.08. The van der Waals surface area contributed by atoms with E-state index in [0.717, 1.165) is 8.71 Å². The van der Waals surface area contributed by atoms with Gasteiger partial charge < -0.3 is 5.73 Å². The number of thiazole rings is 1. The first kappa shape index (κ1) is 6.44. The van der Waals surface area contributed by atoms with Crippen molar-refractivity contribution in [1.82, 2.24) is 4.98 Å². The molecule has 0 atom stereocenters. The maximum atomic E-state index is 5.30. The smallest absolute Gasteiger partial charge is 0.154 e. The number of nitrogens with zero attached hydrogens (tertiary/aromatic N) is 1. The maximum absolute atomic E-state index is 5.30. The van der Waals surface area contributed by atoms with Crippen molar-refractivity contribution in [2.75, 3.05) is 0 Å². The second kappa shape index (κ2) is 2.75. The summed E-state index contributed by atoms with van der Waals surface area (Å²) in [5.41, 5.74) is 6.29. The number of hydrogen-bond acceptors (Lipinski definition) is 3. The fourth-order valence-electron chi connectivity index (χ4n) is 0.376. The van der Waals surface area contributed by atoms with Crippen molar-refractivity contribution in [3.63, 3.8) is 0 Å². The Hall–Kier alpha value is 0.320. The van der Waals surface area contributed by atoms with Gasteiger partial charge in [0, 0.05) is 11.9 Å². The fraction of sp³-hybridized carbons (Fsp3) is 0.250. The van der Waals surface area contributed by atoms with E-state index in [9.17, 15) is 0 Å². The predicted molar refractivity (Wildman–Crippen MR) is 42.7 cm³/mol. The van der Waals surface area contributed by atoms with Crippen LogP contribution in [0.3, 0.4) is 0 Å². The highest BCUT2D eigenvalue weighted by atomic mass is 127. The SMILES string of the molecule is NCc1csc(I)n1. The molecule has 2 nitrogen and oxygen atoms in total. The Morgan fingerprint density at radius 3 is 2.88 bits per heavy atom. The molecule has 8 heavy (non-hydrogen) atoms. The third kappa shape index (κ3) is 1.40. The van der Waals surface area contributed by atoms with Crippen LogP contribution in [0.2, 0.25) is 0 Å². The predicted octanol–water partition coefficient (Wildman–Crippen LogP) is 1.21. The molecule has 0 aliphatic heterocycles. The quantitative estimate of drug-likeness (QED) is 0.749. The molecule has 44 valence electrons. The summed E-state index contributed by atoms with van der Waals surface area (Å²) in [5, 5.41) is 1.97. The van der Waals surface area contributed by atoms with Gasteiger partial charge in [0.25, 0.3) is 0 Å². The van der Waals surface area contributed by atoms with Crippen molar-refractivity contribution in [2.24, 2.45) is 5.73 Å². The fourth-order valence-corrected chi connectivity index (χ4v) is 1.62. The molecule has 1 rings (SSSR count). The zero-order chi connectivity index (χ0) is 5.98. The third-order valence-corrected chi connectivity index (χ3v) is 2.41. The molecule has 0 amide bonds. The first-order valence-electron chi connectivity index (χ1n) is 2.13. The van der Waals surface area contributed by atoms with Gasteiger partial charge in [-0.15, -0.1) is 11.3 Å². The van der Waals surface area contributed by atoms with Crippen LogP contribution in [0.15, 0.2) is 5.38 Å². The van der Waals surface area contributed by atoms with Gasteiger partial charge in [0.05, 0.1) is 5.69 Å². The lowest BCUT2D eigenvalue weighted by molar-refractivity contribution is 1.01. The second-order valence-electron chi connectivity index (χ2n) is 1.30. The highest BCUT2D eigenvalue weighted by Crippen LogP contribution is 2.10. The maximum Gasteiger partial charge on any atom is 0.154 e. The third-order valence-electron chi connectivity index (χ3n) is 0.733. The van der Waals surface area contributed by atoms with E-state index in [1.54, 1.807) is 11.3 Å². The first-order chi connectivity index (χ1) is 3.83. The standard InChI is InChI=1S/C4H5IN2S/c5-4-7-3(1-6)2-8-4/h2H,1,6H2. The van der Waals surface area contributed by atoms with Gasteiger partial charge in [-0.1, -0.05) is 0 Å². The average molecular weight is 240 g/mol. The molecule has 0 fully saturated rings. The van der Waals surface area contributed by atoms with Crippen LogP contribution in [0.5, 0.6) is 0 Å². The number of halogens is 1. The second-order valence-corrected chi connectivity index (χ2v) is 3.91. The van der Waals surface area contributed by atoms with E-state index in [1.807, 2.05) is 5.38 Å². The monoisotopic (exact) mass is 240 g/mol. The number of hydrogen-bond donors (Lipinski definition) is 1. The molecule has 0 aliphatic carbocycles. The van der Waals surface area contributed by atoms with Crippen molar-refractivity contribution >= 4 is 33.9 Å². The van der Waals surface area contributed by atoms with Crippen LogP contribution in [0.1, 0.15) is 5.69 Å². The molecule has 1 aromatic heterocycles. The van der Waals surface area contributed by atoms with E-state index in [2.05, 4.69) is 27.6 Å². The molecule has 0 saturated heterocycles. The highest BCUT2D eigenvalue weighted by Gasteiger charge is 1.92. The molecule has 0 aliphatic rings. The van der Waals surface area contributed by atoms with Gasteiger partial charge in [-0.25, -0.2) is 4.98 Å². The van der Waals surface area contributed by atoms with Crippen molar-refractivity contribution < 1.29 is 0 Å². The van der Waals surface area contributed by atoms with Gasteiger partial charge in [-0.3, -0.25) is 0 Å². The summed E-state index contributed by atoms with van der Waals surface area (Å²) >= 11 is 3.80. The molecule has 4 heteroatoms. The van der Waals surface area contributed by atoms with E-state index in [1.165, 1.54) is 0 Å². The van der Waals surface area contributed by atoms with Crippen molar-refractivity contribution in [3.05, 3.63) is 14.1 Å². The van der Waals surface area contributed by atoms with Crippen LogP contribution in [-0.2, 0) is 6.54 Å². The molecule has 1 heterocycles. The van der Waals surface area contributed by atoms with Gasteiger partial charge in [0.2, 0.25) is 0 Å². The largest absolute Gasteiger partial charge is 0.325 e. The summed E-state index contributed by atoms with van der Waals surface area (Å²) in [6.07, 6.45) is 0. The Kier molecular flexibility index (Phi) is 2.21. The lowest BCUT2D eigenvalue weighted by Gasteiger charge is -1.79. The van der Waals surface area contributed by atoms with Crippen molar-refractivity contribution in [1.29, 1.82) is 0 Å². The van der Waals surface area contributed by atoms with Gasteiger partial charge in [-0.2, -0.15) is 0 Å². The van der Waals surface area contributed by atoms with Gasteiger partial charge in [-0.05, 0) is 22.6 Å². The Bertz CT molecular complexity index is 174. The lowest BCUT2D eigenvalue weighted by atomic mass is 10.5. The zero-order valence-electron chi connectivity index (χ0n) is 4.10. The van der Waals surface area contributed by atoms with Crippen LogP contribution in [-0.4, -0.2) is 4.98 Å². The molecular weight excluding hydrogens is 235 g/mol. The molecule has 0 bridgehead atoms. The Labute approximate surface area is 65.3 Å². The molecule has 0 saturated carbocycles. The summed E-state index contributed by atoms with van der Waals surface area (Å²) in [7, 11) is 0. The minimum atomic E-state index is 0.555. The van der Waals surface area contributed by atoms with Crippen molar-refractivity contribution in [2.45, 2.75) is 6.54 Å². The minimum Gasteiger partial charge on any atom is -0.325 e. The topological polar surface area (TPSA) is 38.9 Å². The Balaban J connectivity index is 2.84. The van der Waals surface area contributed by atoms with Crippen LogP contribution >= 0.6 is 33.9 Å². The van der Waals surface area contributed by atoms with E-state index in [4.69, 9.17) is 5.73 Å². The summed E-state index contributed by atoms with van der Waals surface area (Å²) in [6, 6.07) is 0. The highest BCUT2D eigenvalue weighted by molar-refractivity contribution is 14.1. The van der Waals surface area contributed by atoms with Crippen LogP contribution < -0.4 is 5.73 Å². The van der Waals surface area contributed by atoms with E-state index in [-0.39, 0.29) is 0 Å². The van der Waals surface area contributed by atoms with Gasteiger partial charge in [0.1, 0.15) is 0 Å². The summed E-state index contributed by atoms with van der Waals surface area (Å²) in [6.45, 7) is 0.555. The van der Waals surface area contributed by atoms with Crippen LogP contribution in [0.25, 0.3) is 0 Å². The summed E-state index contributed by atoms with van der Waals surface area (Å²) in [4.78, 5) is 4.11. The summed E-state index contributed by atoms with van der Waals surface area (Å²) < 4.78 is 1.06. The van der Waals surface area contributed by atoms with Crippen LogP contribution in [0.4, 0.5) is 0 Å². The molecule has 0 aromatic carbocycles. The zero-order valence-corrected chi connectivity index (χ0v) is 7.07. The number of nitrogens with two attached hydrogens (primary N) is 1. The van der Waals surface area contributed by atoms with E-state index >= 15 is 0 Å². The number of rotatable bonds is 1. The molecular formula is C4H5IN2S. The molecule has 0 spiro atoms. The summed E-state index contributed by atoms with van der Waals surface area (Å²) in [5.74, 6) is 0. The molecule has 2 N–H and O–H groups in total. The van der Waals surface area contributed by atoms with Crippen LogP contribution in [0, 0.1) is 3.01 Å². The Morgan fingerprint density at radius 2 is 2.62 bits per heavy atom. The minimum absolute atomic E-state index is 0.555.